The first-order valence-electron chi connectivity index (χ1n) is 5.82. The van der Waals surface area contributed by atoms with Crippen molar-refractivity contribution in [3.05, 3.63) is 22.7 Å². The van der Waals surface area contributed by atoms with E-state index in [1.807, 2.05) is 24.1 Å². The van der Waals surface area contributed by atoms with Gasteiger partial charge in [-0.1, -0.05) is 15.9 Å². The number of aliphatic carboxylic acids is 1. The van der Waals surface area contributed by atoms with Crippen molar-refractivity contribution in [3.63, 3.8) is 0 Å². The van der Waals surface area contributed by atoms with Gasteiger partial charge in [0.2, 0.25) is 5.91 Å². The molecule has 0 saturated heterocycles. The smallest absolute Gasteiger partial charge is 0.329 e. The quantitative estimate of drug-likeness (QED) is 0.904. The summed E-state index contributed by atoms with van der Waals surface area (Å²) >= 11 is 3.36. The first-order chi connectivity index (χ1) is 8.75. The number of hydrogen-bond donors (Lipinski definition) is 1. The van der Waals surface area contributed by atoms with Gasteiger partial charge in [-0.3, -0.25) is 9.69 Å². The van der Waals surface area contributed by atoms with E-state index < -0.39 is 11.5 Å². The zero-order valence-corrected chi connectivity index (χ0v) is 12.6. The molecule has 5 nitrogen and oxygen atoms in total. The van der Waals surface area contributed by atoms with Crippen LogP contribution in [0.4, 0.5) is 11.4 Å². The van der Waals surface area contributed by atoms with Crippen LogP contribution in [0.1, 0.15) is 13.8 Å². The minimum absolute atomic E-state index is 0.172. The van der Waals surface area contributed by atoms with E-state index in [4.69, 9.17) is 0 Å². The molecule has 0 spiro atoms. The lowest BCUT2D eigenvalue weighted by molar-refractivity contribution is -0.143. The highest BCUT2D eigenvalue weighted by Crippen LogP contribution is 2.38. The van der Waals surface area contributed by atoms with E-state index in [-0.39, 0.29) is 12.5 Å². The maximum Gasteiger partial charge on any atom is 0.329 e. The van der Waals surface area contributed by atoms with Gasteiger partial charge >= 0.3 is 5.97 Å². The predicted octanol–water partition coefficient (Wildman–Crippen LogP) is 2.10. The Labute approximate surface area is 119 Å². The molecule has 1 aliphatic heterocycles. The highest BCUT2D eigenvalue weighted by atomic mass is 79.9. The largest absolute Gasteiger partial charge is 0.480 e. The lowest BCUT2D eigenvalue weighted by atomic mass is 9.99. The number of anilines is 2. The van der Waals surface area contributed by atoms with Gasteiger partial charge in [0.05, 0.1) is 17.9 Å². The second-order valence-corrected chi connectivity index (χ2v) is 6.00. The van der Waals surface area contributed by atoms with Crippen LogP contribution in [0.2, 0.25) is 0 Å². The molecule has 0 atom stereocenters. The van der Waals surface area contributed by atoms with E-state index in [2.05, 4.69) is 15.9 Å². The number of hydrogen-bond acceptors (Lipinski definition) is 3. The van der Waals surface area contributed by atoms with Crippen LogP contribution in [-0.4, -0.2) is 36.1 Å². The number of benzene rings is 1. The van der Waals surface area contributed by atoms with Crippen LogP contribution < -0.4 is 9.80 Å². The minimum atomic E-state index is -1.28. The van der Waals surface area contributed by atoms with Gasteiger partial charge in [-0.05, 0) is 32.0 Å². The number of fused-ring (bicyclic) bond motifs is 1. The normalized spacial score (nSPS) is 15.5. The molecule has 1 heterocycles. The van der Waals surface area contributed by atoms with Gasteiger partial charge in [-0.25, -0.2) is 4.79 Å². The van der Waals surface area contributed by atoms with Crippen molar-refractivity contribution in [2.24, 2.45) is 0 Å². The van der Waals surface area contributed by atoms with Gasteiger partial charge in [0.15, 0.2) is 0 Å². The first kappa shape index (κ1) is 13.9. The Morgan fingerprint density at radius 2 is 2.00 bits per heavy atom. The lowest BCUT2D eigenvalue weighted by Gasteiger charge is -2.42. The van der Waals surface area contributed by atoms with E-state index >= 15 is 0 Å². The molecule has 0 bridgehead atoms. The average Bonchev–Trinajstić information content (AvgIpc) is 2.27. The van der Waals surface area contributed by atoms with E-state index in [1.54, 1.807) is 6.07 Å². The molecule has 1 aromatic rings. The van der Waals surface area contributed by atoms with Gasteiger partial charge < -0.3 is 10.0 Å². The maximum atomic E-state index is 12.2. The predicted molar refractivity (Wildman–Crippen MR) is 76.6 cm³/mol. The van der Waals surface area contributed by atoms with Crippen LogP contribution in [0.5, 0.6) is 0 Å². The summed E-state index contributed by atoms with van der Waals surface area (Å²) in [4.78, 5) is 26.8. The highest BCUT2D eigenvalue weighted by Gasteiger charge is 2.42. The monoisotopic (exact) mass is 326 g/mol. The fourth-order valence-electron chi connectivity index (χ4n) is 2.20. The molecule has 102 valence electrons. The third-order valence-electron chi connectivity index (χ3n) is 3.29. The Kier molecular flexibility index (Phi) is 3.30. The molecule has 1 aliphatic rings. The first-order valence-corrected chi connectivity index (χ1v) is 6.61. The van der Waals surface area contributed by atoms with Crippen molar-refractivity contribution in [2.45, 2.75) is 19.4 Å². The summed E-state index contributed by atoms with van der Waals surface area (Å²) < 4.78 is 0.806. The highest BCUT2D eigenvalue weighted by molar-refractivity contribution is 9.10. The van der Waals surface area contributed by atoms with Crippen molar-refractivity contribution < 1.29 is 14.7 Å². The van der Waals surface area contributed by atoms with Crippen LogP contribution in [0.15, 0.2) is 22.7 Å². The molecular formula is C13H15BrN2O3. The standard InChI is InChI=1S/C13H15BrN2O3/c1-13(2,12(18)19)16-10-6-8(14)4-5-9(10)15(3)7-11(16)17/h4-6H,7H2,1-3H3,(H,18,19). The second kappa shape index (κ2) is 4.52. The molecule has 0 fully saturated rings. The lowest BCUT2D eigenvalue weighted by Crippen LogP contribution is -2.58. The van der Waals surface area contributed by atoms with Gasteiger partial charge in [0.25, 0.3) is 0 Å². The second-order valence-electron chi connectivity index (χ2n) is 5.08. The number of rotatable bonds is 2. The van der Waals surface area contributed by atoms with Crippen LogP contribution in [-0.2, 0) is 9.59 Å². The van der Waals surface area contributed by atoms with Gasteiger partial charge in [-0.2, -0.15) is 0 Å². The molecule has 1 amide bonds. The zero-order valence-electron chi connectivity index (χ0n) is 11.0. The van der Waals surface area contributed by atoms with Crippen LogP contribution in [0.3, 0.4) is 0 Å². The van der Waals surface area contributed by atoms with Crippen molar-refractivity contribution in [1.29, 1.82) is 0 Å². The summed E-state index contributed by atoms with van der Waals surface area (Å²) in [6.45, 7) is 3.23. The Hall–Kier alpha value is -1.56. The Bertz CT molecular complexity index is 557. The van der Waals surface area contributed by atoms with Crippen molar-refractivity contribution in [2.75, 3.05) is 23.4 Å². The summed E-state index contributed by atoms with van der Waals surface area (Å²) in [5.74, 6) is -1.25. The van der Waals surface area contributed by atoms with Gasteiger partial charge in [-0.15, -0.1) is 0 Å². The molecule has 0 radical (unpaired) electrons. The Balaban J connectivity index is 2.63. The molecule has 19 heavy (non-hydrogen) atoms. The van der Waals surface area contributed by atoms with Crippen LogP contribution in [0, 0.1) is 0 Å². The SMILES string of the molecule is CN1CC(=O)N(C(C)(C)C(=O)O)c2cc(Br)ccc21. The number of carboxylic acids is 1. The van der Waals surface area contributed by atoms with Crippen molar-refractivity contribution in [3.8, 4) is 0 Å². The number of likely N-dealkylation sites (N-methyl/N-ethyl adjacent to an activating group) is 1. The molecule has 0 unspecified atom stereocenters. The number of amides is 1. The Morgan fingerprint density at radius 3 is 2.58 bits per heavy atom. The minimum Gasteiger partial charge on any atom is -0.480 e. The summed E-state index contributed by atoms with van der Waals surface area (Å²) in [5.41, 5.74) is 0.172. The summed E-state index contributed by atoms with van der Waals surface area (Å²) in [6.07, 6.45) is 0. The van der Waals surface area contributed by atoms with Crippen LogP contribution in [0.25, 0.3) is 0 Å². The summed E-state index contributed by atoms with van der Waals surface area (Å²) in [7, 11) is 1.82. The molecule has 2 rings (SSSR count). The molecule has 1 N–H and O–H groups in total. The van der Waals surface area contributed by atoms with E-state index in [9.17, 15) is 14.7 Å². The third kappa shape index (κ3) is 2.20. The Morgan fingerprint density at radius 1 is 1.37 bits per heavy atom. The van der Waals surface area contributed by atoms with E-state index in [1.165, 1.54) is 18.7 Å². The van der Waals surface area contributed by atoms with E-state index in [0.717, 1.165) is 10.2 Å². The molecular weight excluding hydrogens is 312 g/mol. The van der Waals surface area contributed by atoms with Crippen molar-refractivity contribution in [1.82, 2.24) is 0 Å². The number of carbonyl (C=O) groups is 2. The molecule has 0 aliphatic carbocycles. The molecule has 0 saturated carbocycles. The summed E-state index contributed by atoms with van der Waals surface area (Å²) in [5, 5.41) is 9.35. The number of carbonyl (C=O) groups excluding carboxylic acids is 1. The third-order valence-corrected chi connectivity index (χ3v) is 3.79. The average molecular weight is 327 g/mol. The van der Waals surface area contributed by atoms with Crippen molar-refractivity contribution >= 4 is 39.2 Å². The van der Waals surface area contributed by atoms with Crippen LogP contribution >= 0.6 is 15.9 Å². The number of nitrogens with zero attached hydrogens (tertiary/aromatic N) is 2. The fourth-order valence-corrected chi connectivity index (χ4v) is 2.55. The topological polar surface area (TPSA) is 60.9 Å². The maximum absolute atomic E-state index is 12.2. The van der Waals surface area contributed by atoms with E-state index in [0.29, 0.717) is 5.69 Å². The summed E-state index contributed by atoms with van der Waals surface area (Å²) in [6, 6.07) is 5.52. The zero-order chi connectivity index (χ0) is 14.4. The molecule has 1 aromatic carbocycles. The molecule has 6 heteroatoms. The van der Waals surface area contributed by atoms with Gasteiger partial charge in [0.1, 0.15) is 5.54 Å². The number of carboxylic acid groups (broad SMARTS) is 1. The fraction of sp³-hybridized carbons (Fsp3) is 0.385. The number of halogens is 1. The molecule has 0 aromatic heterocycles. The van der Waals surface area contributed by atoms with Gasteiger partial charge in [0, 0.05) is 11.5 Å².